The fourth-order valence-corrected chi connectivity index (χ4v) is 4.39. The van der Waals surface area contributed by atoms with Gasteiger partial charge in [0.25, 0.3) is 5.91 Å². The van der Waals surface area contributed by atoms with E-state index in [0.29, 0.717) is 16.3 Å². The van der Waals surface area contributed by atoms with Gasteiger partial charge in [-0.3, -0.25) is 9.59 Å². The minimum absolute atomic E-state index is 0.129. The lowest BCUT2D eigenvalue weighted by molar-refractivity contribution is -0.119. The molecule has 0 bridgehead atoms. The van der Waals surface area contributed by atoms with Crippen LogP contribution in [-0.2, 0) is 9.63 Å². The molecule has 1 aliphatic rings. The van der Waals surface area contributed by atoms with Crippen molar-refractivity contribution < 1.29 is 14.4 Å². The van der Waals surface area contributed by atoms with E-state index in [0.717, 1.165) is 32.8 Å². The van der Waals surface area contributed by atoms with E-state index in [1.165, 1.54) is 11.3 Å². The number of nitrogens with zero attached hydrogens (tertiary/aromatic N) is 1. The summed E-state index contributed by atoms with van der Waals surface area (Å²) in [5, 5.41) is 10.1. The van der Waals surface area contributed by atoms with Crippen LogP contribution in [0.15, 0.2) is 23.4 Å². The molecule has 2 heterocycles. The van der Waals surface area contributed by atoms with Gasteiger partial charge >= 0.3 is 0 Å². The number of aryl methyl sites for hydroxylation is 2. The molecule has 6 nitrogen and oxygen atoms in total. The zero-order valence-corrected chi connectivity index (χ0v) is 18.5. The van der Waals surface area contributed by atoms with Crippen molar-refractivity contribution in [2.75, 3.05) is 13.1 Å². The Morgan fingerprint density at radius 2 is 2.03 bits per heavy atom. The highest BCUT2D eigenvalue weighted by atomic mass is 35.5. The predicted octanol–water partition coefficient (Wildman–Crippen LogP) is 3.67. The molecule has 0 aliphatic carbocycles. The second-order valence-electron chi connectivity index (χ2n) is 7.07. The molecular formula is C22H22ClN3O3S. The predicted molar refractivity (Wildman–Crippen MR) is 119 cm³/mol. The average Bonchev–Trinajstić information content (AvgIpc) is 3.35. The minimum atomic E-state index is -0.334. The number of amides is 2. The molecule has 30 heavy (non-hydrogen) atoms. The zero-order valence-electron chi connectivity index (χ0n) is 17.0. The third kappa shape index (κ3) is 4.84. The summed E-state index contributed by atoms with van der Waals surface area (Å²) in [4.78, 5) is 31.1. The SMILES string of the molecule is C#CCNC(=O)CNC(=O)c1sc(C2=NOC(c3cc(C)c(C)c(Cl)c3)C2)cc1C. The maximum Gasteiger partial charge on any atom is 0.262 e. The Morgan fingerprint density at radius 3 is 2.73 bits per heavy atom. The van der Waals surface area contributed by atoms with Gasteiger partial charge in [-0.25, -0.2) is 0 Å². The van der Waals surface area contributed by atoms with Gasteiger partial charge in [0.05, 0.1) is 22.8 Å². The molecule has 156 valence electrons. The standard InChI is InChI=1S/C22H22ClN3O3S/c1-5-6-24-20(27)11-25-22(28)21-13(3)8-19(30-21)17-10-18(29-26-17)15-7-12(2)14(4)16(23)9-15/h1,7-9,18H,6,10-11H2,2-4H3,(H,24,27)(H,25,28). The summed E-state index contributed by atoms with van der Waals surface area (Å²) in [6.07, 6.45) is 5.48. The first-order valence-corrected chi connectivity index (χ1v) is 10.6. The molecular weight excluding hydrogens is 422 g/mol. The van der Waals surface area contributed by atoms with Crippen LogP contribution in [-0.4, -0.2) is 30.6 Å². The number of hydrogen-bond acceptors (Lipinski definition) is 5. The molecule has 1 atom stereocenters. The Bertz CT molecular complexity index is 1050. The van der Waals surface area contributed by atoms with E-state index in [-0.39, 0.29) is 31.0 Å². The van der Waals surface area contributed by atoms with Crippen LogP contribution in [0, 0.1) is 33.1 Å². The van der Waals surface area contributed by atoms with Crippen LogP contribution in [0.2, 0.25) is 5.02 Å². The molecule has 0 spiro atoms. The highest BCUT2D eigenvalue weighted by Gasteiger charge is 2.27. The molecule has 2 aromatic rings. The van der Waals surface area contributed by atoms with Crippen molar-refractivity contribution in [2.24, 2.45) is 5.16 Å². The minimum Gasteiger partial charge on any atom is -0.387 e. The van der Waals surface area contributed by atoms with Gasteiger partial charge in [0, 0.05) is 11.4 Å². The van der Waals surface area contributed by atoms with Crippen LogP contribution in [0.1, 0.15) is 49.3 Å². The molecule has 0 saturated carbocycles. The van der Waals surface area contributed by atoms with E-state index in [1.807, 2.05) is 32.9 Å². The van der Waals surface area contributed by atoms with E-state index in [1.54, 1.807) is 0 Å². The van der Waals surface area contributed by atoms with Crippen LogP contribution >= 0.6 is 22.9 Å². The zero-order chi connectivity index (χ0) is 21.8. The van der Waals surface area contributed by atoms with Crippen molar-refractivity contribution in [1.29, 1.82) is 0 Å². The van der Waals surface area contributed by atoms with Crippen molar-refractivity contribution >= 4 is 40.5 Å². The number of terminal acetylenes is 1. The summed E-state index contributed by atoms with van der Waals surface area (Å²) >= 11 is 7.64. The molecule has 0 saturated heterocycles. The van der Waals surface area contributed by atoms with E-state index < -0.39 is 0 Å². The number of hydrogen-bond donors (Lipinski definition) is 2. The number of halogens is 1. The quantitative estimate of drug-likeness (QED) is 0.668. The van der Waals surface area contributed by atoms with Gasteiger partial charge in [-0.1, -0.05) is 28.7 Å². The summed E-state index contributed by atoms with van der Waals surface area (Å²) in [6.45, 7) is 5.85. The molecule has 1 aromatic heterocycles. The number of rotatable bonds is 6. The first-order valence-electron chi connectivity index (χ1n) is 9.38. The van der Waals surface area contributed by atoms with Gasteiger partial charge in [0.2, 0.25) is 5.91 Å². The number of benzene rings is 1. The normalized spacial score (nSPS) is 15.2. The number of carbonyl (C=O) groups excluding carboxylic acids is 2. The molecule has 0 fully saturated rings. The highest BCUT2D eigenvalue weighted by molar-refractivity contribution is 7.16. The first-order chi connectivity index (χ1) is 14.3. The maximum absolute atomic E-state index is 12.5. The number of carbonyl (C=O) groups is 2. The fraction of sp³-hybridized carbons (Fsp3) is 0.318. The highest BCUT2D eigenvalue weighted by Crippen LogP contribution is 2.35. The van der Waals surface area contributed by atoms with Gasteiger partial charge in [0.15, 0.2) is 6.10 Å². The largest absolute Gasteiger partial charge is 0.387 e. The summed E-state index contributed by atoms with van der Waals surface area (Å²) in [7, 11) is 0. The summed E-state index contributed by atoms with van der Waals surface area (Å²) < 4.78 is 0. The average molecular weight is 444 g/mol. The van der Waals surface area contributed by atoms with E-state index >= 15 is 0 Å². The molecule has 1 aromatic carbocycles. The van der Waals surface area contributed by atoms with Crippen molar-refractivity contribution in [3.8, 4) is 12.3 Å². The lowest BCUT2D eigenvalue weighted by Gasteiger charge is -2.12. The number of oxime groups is 1. The molecule has 3 rings (SSSR count). The van der Waals surface area contributed by atoms with Crippen molar-refractivity contribution in [1.82, 2.24) is 10.6 Å². The molecule has 1 aliphatic heterocycles. The first kappa shape index (κ1) is 21.9. The molecule has 2 N–H and O–H groups in total. The summed E-state index contributed by atoms with van der Waals surface area (Å²) in [6, 6.07) is 5.89. The van der Waals surface area contributed by atoms with Gasteiger partial charge in [-0.15, -0.1) is 17.8 Å². The second kappa shape index (κ2) is 9.33. The number of nitrogens with one attached hydrogen (secondary N) is 2. The molecule has 8 heteroatoms. The van der Waals surface area contributed by atoms with Crippen LogP contribution in [0.3, 0.4) is 0 Å². The Kier molecular flexibility index (Phi) is 6.80. The van der Waals surface area contributed by atoms with Gasteiger partial charge in [-0.05, 0) is 55.2 Å². The van der Waals surface area contributed by atoms with E-state index in [9.17, 15) is 9.59 Å². The van der Waals surface area contributed by atoms with E-state index in [2.05, 4.69) is 27.8 Å². The lowest BCUT2D eigenvalue weighted by atomic mass is 9.99. The lowest BCUT2D eigenvalue weighted by Crippen LogP contribution is -2.36. The summed E-state index contributed by atoms with van der Waals surface area (Å²) in [5.41, 5.74) is 4.74. The Labute approximate surface area is 184 Å². The fourth-order valence-electron chi connectivity index (χ4n) is 3.03. The Hall–Kier alpha value is -2.82. The van der Waals surface area contributed by atoms with Crippen LogP contribution in [0.4, 0.5) is 0 Å². The molecule has 2 amide bonds. The van der Waals surface area contributed by atoms with Crippen LogP contribution < -0.4 is 10.6 Å². The van der Waals surface area contributed by atoms with Crippen LogP contribution in [0.5, 0.6) is 0 Å². The molecule has 1 unspecified atom stereocenters. The van der Waals surface area contributed by atoms with Crippen molar-refractivity contribution in [3.05, 3.63) is 55.2 Å². The van der Waals surface area contributed by atoms with E-state index in [4.69, 9.17) is 22.9 Å². The topological polar surface area (TPSA) is 79.8 Å². The van der Waals surface area contributed by atoms with Crippen LogP contribution in [0.25, 0.3) is 0 Å². The third-order valence-electron chi connectivity index (χ3n) is 4.87. The van der Waals surface area contributed by atoms with Crippen molar-refractivity contribution in [3.63, 3.8) is 0 Å². The van der Waals surface area contributed by atoms with Gasteiger partial charge < -0.3 is 15.5 Å². The maximum atomic E-state index is 12.5. The number of thiophene rings is 1. The van der Waals surface area contributed by atoms with Crippen molar-refractivity contribution in [2.45, 2.75) is 33.3 Å². The smallest absolute Gasteiger partial charge is 0.262 e. The monoisotopic (exact) mass is 443 g/mol. The Balaban J connectivity index is 1.66. The second-order valence-corrected chi connectivity index (χ2v) is 8.53. The molecule has 0 radical (unpaired) electrons. The summed E-state index contributed by atoms with van der Waals surface area (Å²) in [5.74, 6) is 1.67. The third-order valence-corrected chi connectivity index (χ3v) is 6.55. The Morgan fingerprint density at radius 1 is 1.27 bits per heavy atom. The van der Waals surface area contributed by atoms with Gasteiger partial charge in [0.1, 0.15) is 5.71 Å². The van der Waals surface area contributed by atoms with Gasteiger partial charge in [-0.2, -0.15) is 0 Å².